The molecule has 0 spiro atoms. The van der Waals surface area contributed by atoms with Crippen molar-refractivity contribution in [2.75, 3.05) is 27.2 Å². The molecule has 0 saturated heterocycles. The Kier molecular flexibility index (Phi) is 6.10. The molecule has 0 saturated carbocycles. The van der Waals surface area contributed by atoms with Crippen molar-refractivity contribution in [1.29, 1.82) is 0 Å². The molecule has 20 heavy (non-hydrogen) atoms. The van der Waals surface area contributed by atoms with E-state index in [1.807, 2.05) is 0 Å². The van der Waals surface area contributed by atoms with Gasteiger partial charge in [0, 0.05) is 32.4 Å². The predicted octanol–water partition coefficient (Wildman–Crippen LogP) is 0.528. The second-order valence-electron chi connectivity index (χ2n) is 4.05. The molecule has 8 heteroatoms. The summed E-state index contributed by atoms with van der Waals surface area (Å²) in [5.74, 6) is -1.03. The van der Waals surface area contributed by atoms with Crippen molar-refractivity contribution in [1.82, 2.24) is 15.2 Å². The van der Waals surface area contributed by atoms with Crippen LogP contribution in [0.3, 0.4) is 0 Å². The molecule has 1 aromatic heterocycles. The third-order valence-corrected chi connectivity index (χ3v) is 3.13. The van der Waals surface area contributed by atoms with Gasteiger partial charge in [-0.1, -0.05) is 0 Å². The Balaban J connectivity index is 2.48. The molecule has 0 atom stereocenters. The van der Waals surface area contributed by atoms with Crippen LogP contribution in [0.1, 0.15) is 33.6 Å². The molecule has 2 amide bonds. The fourth-order valence-corrected chi connectivity index (χ4v) is 1.95. The van der Waals surface area contributed by atoms with Crippen LogP contribution in [0.5, 0.6) is 0 Å². The Morgan fingerprint density at radius 2 is 2.10 bits per heavy atom. The molecule has 0 bridgehead atoms. The Morgan fingerprint density at radius 3 is 2.70 bits per heavy atom. The van der Waals surface area contributed by atoms with Crippen LogP contribution in [0.2, 0.25) is 0 Å². The van der Waals surface area contributed by atoms with E-state index in [2.05, 4.69) is 10.3 Å². The number of aromatic nitrogens is 1. The second-order valence-corrected chi connectivity index (χ2v) is 4.91. The van der Waals surface area contributed by atoms with Crippen LogP contribution in [0.4, 0.5) is 0 Å². The number of carbonyl (C=O) groups excluding carboxylic acids is 3. The summed E-state index contributed by atoms with van der Waals surface area (Å²) in [6, 6.07) is 0. The van der Waals surface area contributed by atoms with E-state index < -0.39 is 11.9 Å². The van der Waals surface area contributed by atoms with Crippen molar-refractivity contribution in [2.24, 2.45) is 0 Å². The average Bonchev–Trinajstić information content (AvgIpc) is 2.88. The smallest absolute Gasteiger partial charge is 0.367 e. The van der Waals surface area contributed by atoms with Gasteiger partial charge in [0.1, 0.15) is 5.69 Å². The van der Waals surface area contributed by atoms with E-state index in [-0.39, 0.29) is 36.2 Å². The van der Waals surface area contributed by atoms with Crippen molar-refractivity contribution in [3.05, 3.63) is 16.1 Å². The van der Waals surface area contributed by atoms with Gasteiger partial charge in [0.15, 0.2) is 0 Å². The minimum absolute atomic E-state index is 0.0733. The quantitative estimate of drug-likeness (QED) is 0.774. The number of amides is 2. The maximum absolute atomic E-state index is 11.7. The summed E-state index contributed by atoms with van der Waals surface area (Å²) in [5, 5.41) is 4.20. The Morgan fingerprint density at radius 1 is 1.40 bits per heavy atom. The molecule has 0 fully saturated rings. The number of hydrogen-bond donors (Lipinski definition) is 1. The van der Waals surface area contributed by atoms with Gasteiger partial charge in [0.25, 0.3) is 5.91 Å². The second kappa shape index (κ2) is 7.59. The average molecular weight is 299 g/mol. The fourth-order valence-electron chi connectivity index (χ4n) is 1.26. The molecule has 0 aliphatic heterocycles. The van der Waals surface area contributed by atoms with E-state index in [0.717, 1.165) is 11.3 Å². The lowest BCUT2D eigenvalue weighted by Crippen LogP contribution is -2.30. The lowest BCUT2D eigenvalue weighted by molar-refractivity contribution is -0.128. The summed E-state index contributed by atoms with van der Waals surface area (Å²) >= 11 is 1.05. The van der Waals surface area contributed by atoms with Gasteiger partial charge in [-0.15, -0.1) is 11.3 Å². The Labute approximate surface area is 120 Å². The van der Waals surface area contributed by atoms with E-state index in [9.17, 15) is 14.4 Å². The van der Waals surface area contributed by atoms with E-state index in [1.54, 1.807) is 21.0 Å². The Hall–Kier alpha value is -1.96. The largest absolute Gasteiger partial charge is 0.461 e. The number of carbonyl (C=O) groups is 3. The van der Waals surface area contributed by atoms with Crippen molar-refractivity contribution in [3.63, 3.8) is 0 Å². The summed E-state index contributed by atoms with van der Waals surface area (Å²) in [7, 11) is 3.30. The van der Waals surface area contributed by atoms with Crippen LogP contribution < -0.4 is 5.32 Å². The molecule has 1 heterocycles. The number of nitrogens with zero attached hydrogens (tertiary/aromatic N) is 2. The predicted molar refractivity (Wildman–Crippen MR) is 73.7 cm³/mol. The van der Waals surface area contributed by atoms with E-state index >= 15 is 0 Å². The molecule has 7 nitrogen and oxygen atoms in total. The van der Waals surface area contributed by atoms with Crippen LogP contribution in [0.25, 0.3) is 0 Å². The lowest BCUT2D eigenvalue weighted by atomic mass is 10.3. The minimum atomic E-state index is -0.542. The zero-order valence-electron chi connectivity index (χ0n) is 11.6. The fraction of sp³-hybridized carbons (Fsp3) is 0.500. The number of ether oxygens (including phenoxy) is 1. The van der Waals surface area contributed by atoms with Crippen molar-refractivity contribution >= 4 is 29.1 Å². The third kappa shape index (κ3) is 4.61. The lowest BCUT2D eigenvalue weighted by Gasteiger charge is -2.09. The first kappa shape index (κ1) is 16.1. The van der Waals surface area contributed by atoms with E-state index in [1.165, 1.54) is 10.3 Å². The first-order chi connectivity index (χ1) is 9.45. The van der Waals surface area contributed by atoms with Crippen LogP contribution in [0, 0.1) is 0 Å². The number of nitrogens with one attached hydrogen (secondary N) is 1. The molecular formula is C12H17N3O4S. The van der Waals surface area contributed by atoms with Gasteiger partial charge in [0.05, 0.1) is 6.61 Å². The van der Waals surface area contributed by atoms with Gasteiger partial charge in [0.2, 0.25) is 10.9 Å². The van der Waals surface area contributed by atoms with Crippen molar-refractivity contribution in [2.45, 2.75) is 13.3 Å². The molecule has 1 aromatic rings. The number of rotatable bonds is 6. The maximum atomic E-state index is 11.7. The molecule has 0 aliphatic carbocycles. The molecule has 0 aliphatic rings. The van der Waals surface area contributed by atoms with Crippen LogP contribution in [0.15, 0.2) is 5.38 Å². The summed E-state index contributed by atoms with van der Waals surface area (Å²) < 4.78 is 4.79. The van der Waals surface area contributed by atoms with Crippen molar-refractivity contribution in [3.8, 4) is 0 Å². The summed E-state index contributed by atoms with van der Waals surface area (Å²) in [6.07, 6.45) is 0.216. The highest BCUT2D eigenvalue weighted by Gasteiger charge is 2.16. The maximum Gasteiger partial charge on any atom is 0.367 e. The number of hydrogen-bond acceptors (Lipinski definition) is 6. The highest BCUT2D eigenvalue weighted by atomic mass is 32.1. The first-order valence-electron chi connectivity index (χ1n) is 6.06. The molecule has 0 aromatic carbocycles. The topological polar surface area (TPSA) is 88.6 Å². The van der Waals surface area contributed by atoms with Gasteiger partial charge in [-0.3, -0.25) is 9.59 Å². The van der Waals surface area contributed by atoms with Gasteiger partial charge >= 0.3 is 5.97 Å². The molecule has 1 rings (SSSR count). The summed E-state index contributed by atoms with van der Waals surface area (Å²) in [5.41, 5.74) is 0.148. The highest BCUT2D eigenvalue weighted by Crippen LogP contribution is 2.11. The standard InChI is InChI=1S/C12H17N3O4S/c1-4-19-12(18)11-14-8(7-20-11)10(17)13-6-5-9(16)15(2)3/h7H,4-6H2,1-3H3,(H,13,17). The molecular weight excluding hydrogens is 282 g/mol. The summed E-state index contributed by atoms with van der Waals surface area (Å²) in [6.45, 7) is 2.18. The van der Waals surface area contributed by atoms with Crippen LogP contribution >= 0.6 is 11.3 Å². The van der Waals surface area contributed by atoms with Gasteiger partial charge < -0.3 is 15.0 Å². The van der Waals surface area contributed by atoms with E-state index in [0.29, 0.717) is 0 Å². The number of esters is 1. The van der Waals surface area contributed by atoms with Crippen LogP contribution in [-0.4, -0.2) is 54.9 Å². The highest BCUT2D eigenvalue weighted by molar-refractivity contribution is 7.11. The monoisotopic (exact) mass is 299 g/mol. The minimum Gasteiger partial charge on any atom is -0.461 e. The van der Waals surface area contributed by atoms with E-state index in [4.69, 9.17) is 4.74 Å². The SMILES string of the molecule is CCOC(=O)c1nc(C(=O)NCCC(=O)N(C)C)cs1. The summed E-state index contributed by atoms with van der Waals surface area (Å²) in [4.78, 5) is 39.8. The zero-order valence-corrected chi connectivity index (χ0v) is 12.5. The molecule has 1 N–H and O–H groups in total. The van der Waals surface area contributed by atoms with Crippen LogP contribution in [-0.2, 0) is 9.53 Å². The zero-order chi connectivity index (χ0) is 15.1. The third-order valence-electron chi connectivity index (χ3n) is 2.31. The number of thiazole rings is 1. The Bertz CT molecular complexity index is 499. The van der Waals surface area contributed by atoms with Gasteiger partial charge in [-0.05, 0) is 6.92 Å². The normalized spacial score (nSPS) is 9.95. The molecule has 110 valence electrons. The van der Waals surface area contributed by atoms with Crippen molar-refractivity contribution < 1.29 is 19.1 Å². The molecule has 0 radical (unpaired) electrons. The van der Waals surface area contributed by atoms with Gasteiger partial charge in [-0.2, -0.15) is 0 Å². The first-order valence-corrected chi connectivity index (χ1v) is 6.94. The molecule has 0 unspecified atom stereocenters. The van der Waals surface area contributed by atoms with Gasteiger partial charge in [-0.25, -0.2) is 9.78 Å².